The maximum atomic E-state index is 12.5. The smallest absolute Gasteiger partial charge is 0.327 e. The Morgan fingerprint density at radius 2 is 1.55 bits per heavy atom. The number of aliphatic carboxylic acids is 1. The lowest BCUT2D eigenvalue weighted by atomic mass is 10.0. The van der Waals surface area contributed by atoms with Crippen LogP contribution in [0, 0.1) is 5.92 Å². The van der Waals surface area contributed by atoms with Crippen LogP contribution in [0.4, 0.5) is 0 Å². The van der Waals surface area contributed by atoms with Crippen molar-refractivity contribution >= 4 is 35.3 Å². The highest BCUT2D eigenvalue weighted by atomic mass is 32.2. The van der Waals surface area contributed by atoms with Gasteiger partial charge in [-0.15, -0.1) is 0 Å². The minimum atomic E-state index is -1.10. The van der Waals surface area contributed by atoms with Gasteiger partial charge < -0.3 is 10.4 Å². The summed E-state index contributed by atoms with van der Waals surface area (Å²) < 4.78 is 0. The number of carboxylic acid groups (broad SMARTS) is 1. The minimum Gasteiger partial charge on any atom is -0.480 e. The van der Waals surface area contributed by atoms with Gasteiger partial charge in [0.2, 0.25) is 5.91 Å². The van der Waals surface area contributed by atoms with Crippen molar-refractivity contribution in [1.82, 2.24) is 5.32 Å². The number of aliphatic imine (C=N–C) groups is 1. The molecule has 2 N–H and O–H groups in total. The van der Waals surface area contributed by atoms with Crippen molar-refractivity contribution in [3.05, 3.63) is 34.9 Å². The number of rotatable bonds is 15. The van der Waals surface area contributed by atoms with E-state index < -0.39 is 23.8 Å². The molecule has 0 rings (SSSR count). The van der Waals surface area contributed by atoms with E-state index in [0.717, 1.165) is 25.7 Å². The molecule has 0 spiro atoms. The molecule has 0 fully saturated rings. The molecule has 0 aromatic heterocycles. The topological polar surface area (TPSA) is 95.8 Å². The first-order valence-corrected chi connectivity index (χ1v) is 12.8. The van der Waals surface area contributed by atoms with Gasteiger partial charge in [0.15, 0.2) is 0 Å². The summed E-state index contributed by atoms with van der Waals surface area (Å²) in [6, 6.07) is -1.04. The zero-order chi connectivity index (χ0) is 25.4. The lowest BCUT2D eigenvalue weighted by molar-refractivity contribution is -0.140. The molecule has 186 valence electrons. The molecule has 2 amide bonds. The van der Waals surface area contributed by atoms with E-state index in [1.807, 2.05) is 6.92 Å². The summed E-state index contributed by atoms with van der Waals surface area (Å²) in [5.41, 5.74) is 4.10. The van der Waals surface area contributed by atoms with Crippen molar-refractivity contribution < 1.29 is 19.5 Å². The average molecular weight is 479 g/mol. The second kappa shape index (κ2) is 17.3. The van der Waals surface area contributed by atoms with Crippen molar-refractivity contribution in [2.75, 3.05) is 11.5 Å². The number of hydrogen-bond acceptors (Lipinski definition) is 4. The van der Waals surface area contributed by atoms with Gasteiger partial charge in [-0.25, -0.2) is 9.79 Å². The molecule has 33 heavy (non-hydrogen) atoms. The number of carbonyl (C=O) groups is 3. The molecule has 0 aromatic carbocycles. The van der Waals surface area contributed by atoms with Crippen molar-refractivity contribution in [3.8, 4) is 0 Å². The van der Waals surface area contributed by atoms with Crippen LogP contribution in [0.15, 0.2) is 39.9 Å². The molecule has 0 heterocycles. The first-order valence-electron chi connectivity index (χ1n) is 11.6. The fourth-order valence-corrected chi connectivity index (χ4v) is 3.88. The van der Waals surface area contributed by atoms with E-state index in [4.69, 9.17) is 0 Å². The van der Waals surface area contributed by atoms with Gasteiger partial charge in [-0.05, 0) is 59.8 Å². The van der Waals surface area contributed by atoms with Gasteiger partial charge in [-0.1, -0.05) is 48.8 Å². The Morgan fingerprint density at radius 3 is 2.06 bits per heavy atom. The van der Waals surface area contributed by atoms with Crippen LogP contribution in [0.2, 0.25) is 0 Å². The summed E-state index contributed by atoms with van der Waals surface area (Å²) in [6.07, 6.45) is 11.4. The van der Waals surface area contributed by atoms with E-state index >= 15 is 0 Å². The third-order valence-corrected chi connectivity index (χ3v) is 6.12. The number of hydrogen-bond donors (Lipinski definition) is 2. The summed E-state index contributed by atoms with van der Waals surface area (Å²) in [4.78, 5) is 39.3. The quantitative estimate of drug-likeness (QED) is 0.178. The highest BCUT2D eigenvalue weighted by molar-refractivity contribution is 7.99. The highest BCUT2D eigenvalue weighted by Crippen LogP contribution is 2.13. The van der Waals surface area contributed by atoms with E-state index in [0.29, 0.717) is 12.2 Å². The number of carboxylic acids is 1. The molecule has 0 saturated heterocycles. The summed E-state index contributed by atoms with van der Waals surface area (Å²) in [5.74, 6) is -1.48. The molecule has 0 unspecified atom stereocenters. The highest BCUT2D eigenvalue weighted by Gasteiger charge is 2.25. The van der Waals surface area contributed by atoms with Gasteiger partial charge >= 0.3 is 5.97 Å². The second-order valence-corrected chi connectivity index (χ2v) is 9.76. The Bertz CT molecular complexity index is 777. The number of thioether (sulfide) groups is 1. The van der Waals surface area contributed by atoms with Crippen LogP contribution in [0.1, 0.15) is 80.6 Å². The SMILES string of the molecule is CC[C@H](C)C(=NC(C)=O)C(=O)N[C@@H](CSC/C=C(\C)CC/C=C(\C)CCC=C(C)C)C(=O)O. The lowest BCUT2D eigenvalue weighted by Gasteiger charge is -2.17. The predicted molar refractivity (Wildman–Crippen MR) is 140 cm³/mol. The second-order valence-electron chi connectivity index (χ2n) is 8.69. The van der Waals surface area contributed by atoms with Crippen molar-refractivity contribution in [1.29, 1.82) is 0 Å². The third kappa shape index (κ3) is 15.3. The minimum absolute atomic E-state index is 0.0844. The first-order chi connectivity index (χ1) is 15.5. The molecular formula is C26H42N2O4S. The lowest BCUT2D eigenvalue weighted by Crippen LogP contribution is -2.47. The monoisotopic (exact) mass is 478 g/mol. The molecule has 0 aromatic rings. The molecule has 0 bridgehead atoms. The zero-order valence-electron chi connectivity index (χ0n) is 21.4. The van der Waals surface area contributed by atoms with Crippen LogP contribution in [-0.4, -0.2) is 46.1 Å². The fourth-order valence-electron chi connectivity index (χ4n) is 2.88. The van der Waals surface area contributed by atoms with Gasteiger partial charge in [0.25, 0.3) is 5.91 Å². The Labute approximate surface area is 204 Å². The number of carbonyl (C=O) groups excluding carboxylic acids is 2. The number of nitrogens with one attached hydrogen (secondary N) is 1. The van der Waals surface area contributed by atoms with E-state index in [1.54, 1.807) is 6.92 Å². The number of nitrogens with zero attached hydrogens (tertiary/aromatic N) is 1. The molecule has 2 atom stereocenters. The van der Waals surface area contributed by atoms with E-state index in [-0.39, 0.29) is 17.4 Å². The van der Waals surface area contributed by atoms with Crippen LogP contribution in [-0.2, 0) is 14.4 Å². The summed E-state index contributed by atoms with van der Waals surface area (Å²) >= 11 is 1.45. The van der Waals surface area contributed by atoms with Crippen LogP contribution >= 0.6 is 11.8 Å². The Hall–Kier alpha value is -2.15. The Balaban J connectivity index is 4.64. The van der Waals surface area contributed by atoms with Crippen LogP contribution in [0.3, 0.4) is 0 Å². The molecule has 7 heteroatoms. The molecule has 0 aliphatic carbocycles. The molecule has 0 aliphatic rings. The molecule has 0 saturated carbocycles. The maximum absolute atomic E-state index is 12.5. The first kappa shape index (κ1) is 30.9. The number of amides is 2. The maximum Gasteiger partial charge on any atom is 0.327 e. The van der Waals surface area contributed by atoms with Crippen LogP contribution in [0.25, 0.3) is 0 Å². The normalized spacial score (nSPS) is 14.5. The molecular weight excluding hydrogens is 436 g/mol. The molecule has 6 nitrogen and oxygen atoms in total. The average Bonchev–Trinajstić information content (AvgIpc) is 2.72. The van der Waals surface area contributed by atoms with Gasteiger partial charge in [-0.2, -0.15) is 11.8 Å². The standard InChI is InChI=1S/C26H42N2O4S/c1-8-21(6)24(27-22(7)29)25(30)28-23(26(31)32)17-33-16-15-20(5)14-10-13-19(4)12-9-11-18(2)3/h11,13,15,21,23H,8-10,12,14,16-17H2,1-7H3,(H,28,30)(H,31,32)/b19-13+,20-15+,27-24?/t21-,23-/m0/s1. The van der Waals surface area contributed by atoms with Crippen LogP contribution in [0.5, 0.6) is 0 Å². The van der Waals surface area contributed by atoms with E-state index in [9.17, 15) is 19.5 Å². The van der Waals surface area contributed by atoms with Crippen molar-refractivity contribution in [3.63, 3.8) is 0 Å². The Morgan fingerprint density at radius 1 is 0.970 bits per heavy atom. The molecule has 0 aliphatic heterocycles. The largest absolute Gasteiger partial charge is 0.480 e. The predicted octanol–water partition coefficient (Wildman–Crippen LogP) is 5.74. The van der Waals surface area contributed by atoms with Gasteiger partial charge in [0.05, 0.1) is 0 Å². The fraction of sp³-hybridized carbons (Fsp3) is 0.615. The summed E-state index contributed by atoms with van der Waals surface area (Å²) in [7, 11) is 0. The van der Waals surface area contributed by atoms with Crippen LogP contribution < -0.4 is 5.32 Å². The third-order valence-electron chi connectivity index (χ3n) is 5.15. The van der Waals surface area contributed by atoms with Gasteiger partial charge in [-0.3, -0.25) is 9.59 Å². The summed E-state index contributed by atoms with van der Waals surface area (Å²) in [6.45, 7) is 13.4. The van der Waals surface area contributed by atoms with Crippen molar-refractivity contribution in [2.45, 2.75) is 86.6 Å². The summed E-state index contributed by atoms with van der Waals surface area (Å²) in [5, 5.41) is 12.0. The number of allylic oxidation sites excluding steroid dienone is 5. The Kier molecular flexibility index (Phi) is 16.2. The van der Waals surface area contributed by atoms with Gasteiger partial charge in [0, 0.05) is 24.3 Å². The molecule has 0 radical (unpaired) electrons. The van der Waals surface area contributed by atoms with Crippen molar-refractivity contribution in [2.24, 2.45) is 10.9 Å². The zero-order valence-corrected chi connectivity index (χ0v) is 22.2. The van der Waals surface area contributed by atoms with E-state index in [1.165, 1.54) is 35.4 Å². The van der Waals surface area contributed by atoms with E-state index in [2.05, 4.69) is 56.2 Å². The van der Waals surface area contributed by atoms with Gasteiger partial charge in [0.1, 0.15) is 11.8 Å².